The van der Waals surface area contributed by atoms with Gasteiger partial charge in [0.25, 0.3) is 4.84 Å². The highest BCUT2D eigenvalue weighted by atomic mass is 32.1. The predicted octanol–water partition coefficient (Wildman–Crippen LogP) is 3.19. The molecule has 0 spiro atoms. The Labute approximate surface area is 98.3 Å². The van der Waals surface area contributed by atoms with Crippen molar-refractivity contribution in [3.63, 3.8) is 0 Å². The Balaban J connectivity index is 2.25. The minimum Gasteiger partial charge on any atom is -0.494 e. The van der Waals surface area contributed by atoms with E-state index in [9.17, 15) is 0 Å². The molecule has 0 unspecified atom stereocenters. The van der Waals surface area contributed by atoms with Crippen molar-refractivity contribution in [3.8, 4) is 17.2 Å². The third-order valence-electron chi connectivity index (χ3n) is 1.99. The number of hydrogen-bond donors (Lipinski definition) is 1. The molecule has 0 radical (unpaired) electrons. The lowest BCUT2D eigenvalue weighted by molar-refractivity contribution is 0.317. The zero-order chi connectivity index (χ0) is 11.4. The van der Waals surface area contributed by atoms with Crippen LogP contribution in [0.3, 0.4) is 0 Å². The van der Waals surface area contributed by atoms with Crippen LogP contribution in [0.1, 0.15) is 13.3 Å². The number of rotatable bonds is 4. The van der Waals surface area contributed by atoms with Crippen LogP contribution in [0.2, 0.25) is 0 Å². The minimum atomic E-state index is 0.273. The van der Waals surface area contributed by atoms with E-state index in [1.807, 2.05) is 24.3 Å². The van der Waals surface area contributed by atoms with Crippen LogP contribution in [0, 0.1) is 4.84 Å². The zero-order valence-electron chi connectivity index (χ0n) is 8.90. The van der Waals surface area contributed by atoms with E-state index < -0.39 is 0 Å². The number of aromatic amines is 1. The highest BCUT2D eigenvalue weighted by Crippen LogP contribution is 2.22. The molecule has 5 heteroatoms. The molecule has 84 valence electrons. The van der Waals surface area contributed by atoms with Crippen molar-refractivity contribution in [2.45, 2.75) is 13.3 Å². The fraction of sp³-hybridized carbons (Fsp3) is 0.273. The molecule has 0 aliphatic rings. The van der Waals surface area contributed by atoms with E-state index in [0.717, 1.165) is 17.7 Å². The van der Waals surface area contributed by atoms with Crippen LogP contribution < -0.4 is 4.74 Å². The largest absolute Gasteiger partial charge is 0.494 e. The summed E-state index contributed by atoms with van der Waals surface area (Å²) in [7, 11) is 0. The molecule has 0 amide bonds. The van der Waals surface area contributed by atoms with Crippen LogP contribution in [0.25, 0.3) is 11.5 Å². The summed E-state index contributed by atoms with van der Waals surface area (Å²) in [6.07, 6.45) is 0.979. The van der Waals surface area contributed by atoms with E-state index >= 15 is 0 Å². The number of aromatic nitrogens is 2. The predicted molar refractivity (Wildman–Crippen MR) is 62.9 cm³/mol. The van der Waals surface area contributed by atoms with Gasteiger partial charge in [-0.25, -0.2) is 5.10 Å². The van der Waals surface area contributed by atoms with E-state index in [1.165, 1.54) is 0 Å². The van der Waals surface area contributed by atoms with Crippen LogP contribution in [-0.4, -0.2) is 16.8 Å². The number of nitrogens with one attached hydrogen (secondary N) is 1. The molecule has 1 aromatic carbocycles. The molecule has 0 aliphatic heterocycles. The van der Waals surface area contributed by atoms with Gasteiger partial charge in [-0.15, -0.1) is 5.10 Å². The van der Waals surface area contributed by atoms with Gasteiger partial charge in [0.2, 0.25) is 5.89 Å². The molecule has 0 saturated heterocycles. The van der Waals surface area contributed by atoms with E-state index in [-0.39, 0.29) is 4.84 Å². The first kappa shape index (κ1) is 10.9. The lowest BCUT2D eigenvalue weighted by Crippen LogP contribution is -1.94. The Kier molecular flexibility index (Phi) is 3.36. The first-order chi connectivity index (χ1) is 7.79. The second kappa shape index (κ2) is 4.94. The molecule has 2 rings (SSSR count). The standard InChI is InChI=1S/C11H12N2O2S/c1-2-6-14-9-5-3-4-8(7-9)10-12-13-11(16)15-10/h3-5,7H,2,6H2,1H3,(H,13,16). The number of hydrogen-bond acceptors (Lipinski definition) is 4. The summed E-state index contributed by atoms with van der Waals surface area (Å²) in [6.45, 7) is 2.77. The van der Waals surface area contributed by atoms with Crippen molar-refractivity contribution < 1.29 is 9.15 Å². The lowest BCUT2D eigenvalue weighted by atomic mass is 10.2. The summed E-state index contributed by atoms with van der Waals surface area (Å²) >= 11 is 4.82. The van der Waals surface area contributed by atoms with Gasteiger partial charge in [0.1, 0.15) is 5.75 Å². The molecular formula is C11H12N2O2S. The molecule has 0 saturated carbocycles. The van der Waals surface area contributed by atoms with Gasteiger partial charge in [-0.2, -0.15) is 0 Å². The van der Waals surface area contributed by atoms with Gasteiger partial charge < -0.3 is 9.15 Å². The molecule has 1 N–H and O–H groups in total. The average Bonchev–Trinajstić information content (AvgIpc) is 2.74. The summed E-state index contributed by atoms with van der Waals surface area (Å²) in [4.78, 5) is 0.273. The molecule has 0 fully saturated rings. The highest BCUT2D eigenvalue weighted by Gasteiger charge is 2.04. The minimum absolute atomic E-state index is 0.273. The lowest BCUT2D eigenvalue weighted by Gasteiger charge is -2.04. The van der Waals surface area contributed by atoms with Gasteiger partial charge in [-0.05, 0) is 36.8 Å². The summed E-state index contributed by atoms with van der Waals surface area (Å²) in [5.41, 5.74) is 0.848. The normalized spacial score (nSPS) is 10.3. The Hall–Kier alpha value is -1.62. The van der Waals surface area contributed by atoms with Crippen LogP contribution in [-0.2, 0) is 0 Å². The van der Waals surface area contributed by atoms with E-state index in [0.29, 0.717) is 12.5 Å². The Morgan fingerprint density at radius 3 is 3.06 bits per heavy atom. The zero-order valence-corrected chi connectivity index (χ0v) is 9.71. The van der Waals surface area contributed by atoms with Gasteiger partial charge >= 0.3 is 0 Å². The van der Waals surface area contributed by atoms with E-state index in [2.05, 4.69) is 17.1 Å². The van der Waals surface area contributed by atoms with Crippen molar-refractivity contribution in [2.24, 2.45) is 0 Å². The topological polar surface area (TPSA) is 51.0 Å². The van der Waals surface area contributed by atoms with Gasteiger partial charge in [0.15, 0.2) is 0 Å². The molecule has 0 atom stereocenters. The van der Waals surface area contributed by atoms with Crippen molar-refractivity contribution in [2.75, 3.05) is 6.61 Å². The van der Waals surface area contributed by atoms with Gasteiger partial charge in [0.05, 0.1) is 6.61 Å². The van der Waals surface area contributed by atoms with Crippen molar-refractivity contribution in [1.82, 2.24) is 10.2 Å². The molecule has 4 nitrogen and oxygen atoms in total. The monoisotopic (exact) mass is 236 g/mol. The van der Waals surface area contributed by atoms with Crippen LogP contribution in [0.5, 0.6) is 5.75 Å². The van der Waals surface area contributed by atoms with Gasteiger partial charge in [-0.1, -0.05) is 13.0 Å². The summed E-state index contributed by atoms with van der Waals surface area (Å²) in [6, 6.07) is 7.57. The van der Waals surface area contributed by atoms with E-state index in [4.69, 9.17) is 21.4 Å². The third kappa shape index (κ3) is 2.49. The van der Waals surface area contributed by atoms with Gasteiger partial charge in [-0.3, -0.25) is 0 Å². The summed E-state index contributed by atoms with van der Waals surface area (Å²) in [5, 5.41) is 6.54. The second-order valence-electron chi connectivity index (χ2n) is 3.29. The first-order valence-corrected chi connectivity index (χ1v) is 5.49. The number of nitrogens with zero attached hydrogens (tertiary/aromatic N) is 1. The number of ether oxygens (including phenoxy) is 1. The van der Waals surface area contributed by atoms with Gasteiger partial charge in [0, 0.05) is 5.56 Å². The van der Waals surface area contributed by atoms with Crippen LogP contribution in [0.4, 0.5) is 0 Å². The van der Waals surface area contributed by atoms with Crippen LogP contribution >= 0.6 is 12.2 Å². The number of H-pyrrole nitrogens is 1. The Morgan fingerprint density at radius 2 is 2.38 bits per heavy atom. The maximum Gasteiger partial charge on any atom is 0.284 e. The van der Waals surface area contributed by atoms with Crippen LogP contribution in [0.15, 0.2) is 28.7 Å². The summed E-state index contributed by atoms with van der Waals surface area (Å²) < 4.78 is 10.7. The quantitative estimate of drug-likeness (QED) is 0.828. The fourth-order valence-corrected chi connectivity index (χ4v) is 1.42. The Morgan fingerprint density at radius 1 is 1.50 bits per heavy atom. The fourth-order valence-electron chi connectivity index (χ4n) is 1.29. The van der Waals surface area contributed by atoms with E-state index in [1.54, 1.807) is 0 Å². The van der Waals surface area contributed by atoms with Crippen molar-refractivity contribution in [3.05, 3.63) is 29.1 Å². The van der Waals surface area contributed by atoms with Crippen molar-refractivity contribution >= 4 is 12.2 Å². The third-order valence-corrected chi connectivity index (χ3v) is 2.17. The average molecular weight is 236 g/mol. The molecular weight excluding hydrogens is 224 g/mol. The maximum absolute atomic E-state index is 5.52. The highest BCUT2D eigenvalue weighted by molar-refractivity contribution is 7.71. The smallest absolute Gasteiger partial charge is 0.284 e. The second-order valence-corrected chi connectivity index (χ2v) is 3.67. The molecule has 16 heavy (non-hydrogen) atoms. The maximum atomic E-state index is 5.52. The molecule has 0 aliphatic carbocycles. The Bertz CT molecular complexity index is 518. The van der Waals surface area contributed by atoms with Crippen molar-refractivity contribution in [1.29, 1.82) is 0 Å². The molecule has 1 heterocycles. The molecule has 2 aromatic rings. The number of benzene rings is 1. The first-order valence-electron chi connectivity index (χ1n) is 5.08. The SMILES string of the molecule is CCCOc1cccc(-c2n[nH]c(=S)o2)c1. The molecule has 0 bridgehead atoms. The summed E-state index contributed by atoms with van der Waals surface area (Å²) in [5.74, 6) is 1.29. The molecule has 1 aromatic heterocycles.